The first-order valence-electron chi connectivity index (χ1n) is 38.4. The maximum absolute atomic E-state index is 12.4. The van der Waals surface area contributed by atoms with Gasteiger partial charge in [-0.2, -0.15) is 0 Å². The number of hydrogen-bond donors (Lipinski definition) is 1. The molecule has 0 amide bonds. The second-order valence-electron chi connectivity index (χ2n) is 25.3. The van der Waals surface area contributed by atoms with Gasteiger partial charge in [-0.15, -0.1) is 0 Å². The minimum atomic E-state index is -0.779. The largest absolute Gasteiger partial charge is 0.462 e. The molecule has 0 aliphatic carbocycles. The third-order valence-electron chi connectivity index (χ3n) is 16.6. The van der Waals surface area contributed by atoms with E-state index in [9.17, 15) is 14.7 Å². The van der Waals surface area contributed by atoms with Crippen molar-refractivity contribution in [2.24, 2.45) is 0 Å². The predicted molar refractivity (Wildman–Crippen MR) is 398 cm³/mol. The van der Waals surface area contributed by atoms with E-state index in [4.69, 9.17) is 9.47 Å². The van der Waals surface area contributed by atoms with E-state index in [2.05, 4.69) is 160 Å². The zero-order valence-electron chi connectivity index (χ0n) is 59.1. The lowest BCUT2D eigenvalue weighted by Gasteiger charge is -2.15. The van der Waals surface area contributed by atoms with Crippen molar-refractivity contribution in [3.05, 3.63) is 146 Å². The van der Waals surface area contributed by atoms with Crippen LogP contribution in [-0.2, 0) is 19.1 Å². The molecule has 0 rings (SSSR count). The summed E-state index contributed by atoms with van der Waals surface area (Å²) in [6.45, 7) is 3.94. The van der Waals surface area contributed by atoms with Crippen LogP contribution in [0.1, 0.15) is 361 Å². The molecular weight excluding hydrogens is 1100 g/mol. The minimum absolute atomic E-state index is 0.0666. The third kappa shape index (κ3) is 76.2. The molecule has 5 heteroatoms. The van der Waals surface area contributed by atoms with Crippen LogP contribution in [0.15, 0.2) is 146 Å². The zero-order chi connectivity index (χ0) is 64.7. The molecule has 0 spiro atoms. The smallest absolute Gasteiger partial charge is 0.306 e. The quantitative estimate of drug-likeness (QED) is 0.0373. The van der Waals surface area contributed by atoms with Crippen LogP contribution < -0.4 is 0 Å². The number of carbonyl (C=O) groups excluding carboxylic acids is 2. The molecule has 0 aromatic carbocycles. The van der Waals surface area contributed by atoms with Gasteiger partial charge in [0, 0.05) is 12.8 Å². The second-order valence-corrected chi connectivity index (χ2v) is 25.3. The van der Waals surface area contributed by atoms with Crippen LogP contribution in [0.25, 0.3) is 0 Å². The molecule has 0 aliphatic rings. The average Bonchev–Trinajstić information content (AvgIpc) is 3.59. The molecule has 514 valence electrons. The van der Waals surface area contributed by atoms with Crippen molar-refractivity contribution in [2.75, 3.05) is 13.2 Å². The van der Waals surface area contributed by atoms with Crippen LogP contribution in [0, 0.1) is 0 Å². The molecule has 1 unspecified atom stereocenters. The summed E-state index contributed by atoms with van der Waals surface area (Å²) in [5, 5.41) is 9.73. The molecule has 1 N–H and O–H groups in total. The highest BCUT2D eigenvalue weighted by atomic mass is 16.6. The average molecular weight is 1250 g/mol. The molecule has 0 bridgehead atoms. The summed E-state index contributed by atoms with van der Waals surface area (Å²) >= 11 is 0. The lowest BCUT2D eigenvalue weighted by Crippen LogP contribution is -2.28. The van der Waals surface area contributed by atoms with Gasteiger partial charge in [-0.3, -0.25) is 9.59 Å². The first-order chi connectivity index (χ1) is 44.6. The Hall–Kier alpha value is -4.22. The summed E-state index contributed by atoms with van der Waals surface area (Å²) in [5.41, 5.74) is 0. The fourth-order valence-corrected chi connectivity index (χ4v) is 11.0. The first kappa shape index (κ1) is 85.8. The molecule has 0 aromatic heterocycles. The van der Waals surface area contributed by atoms with Gasteiger partial charge in [-0.1, -0.05) is 378 Å². The maximum atomic E-state index is 12.4. The molecule has 0 aliphatic heterocycles. The number of hydrogen-bond acceptors (Lipinski definition) is 5. The summed E-state index contributed by atoms with van der Waals surface area (Å²) in [6, 6.07) is 0. The van der Waals surface area contributed by atoms with Gasteiger partial charge in [-0.05, 0) is 116 Å². The topological polar surface area (TPSA) is 72.8 Å². The molecular formula is C85H144O5. The fraction of sp³-hybridized carbons (Fsp3) is 0.694. The van der Waals surface area contributed by atoms with E-state index < -0.39 is 6.10 Å². The molecule has 1 atom stereocenters. The van der Waals surface area contributed by atoms with Gasteiger partial charge < -0.3 is 14.6 Å². The molecule has 0 fully saturated rings. The molecule has 0 saturated carbocycles. The predicted octanol–water partition coefficient (Wildman–Crippen LogP) is 27.2. The Balaban J connectivity index is 3.45. The van der Waals surface area contributed by atoms with E-state index in [1.165, 1.54) is 218 Å². The van der Waals surface area contributed by atoms with Crippen LogP contribution in [0.4, 0.5) is 0 Å². The van der Waals surface area contributed by atoms with Gasteiger partial charge in [-0.25, -0.2) is 0 Å². The van der Waals surface area contributed by atoms with Crippen LogP contribution in [-0.4, -0.2) is 36.4 Å². The Morgan fingerprint density at radius 2 is 0.444 bits per heavy atom. The summed E-state index contributed by atoms with van der Waals surface area (Å²) in [5.74, 6) is -0.578. The van der Waals surface area contributed by atoms with E-state index >= 15 is 0 Å². The summed E-state index contributed by atoms with van der Waals surface area (Å²) in [4.78, 5) is 24.7. The van der Waals surface area contributed by atoms with Crippen LogP contribution >= 0.6 is 0 Å². The maximum Gasteiger partial charge on any atom is 0.306 e. The third-order valence-corrected chi connectivity index (χ3v) is 16.6. The van der Waals surface area contributed by atoms with Gasteiger partial charge in [0.05, 0.1) is 6.61 Å². The van der Waals surface area contributed by atoms with E-state index in [1.807, 2.05) is 0 Å². The van der Waals surface area contributed by atoms with E-state index in [0.29, 0.717) is 12.8 Å². The first-order valence-corrected chi connectivity index (χ1v) is 38.4. The highest BCUT2D eigenvalue weighted by Gasteiger charge is 2.16. The SMILES string of the molecule is CC/C=C\C/C=C\C/C=C\C/C=C\C/C=C\C/C=C\C/C=C\CCCCCCCCCCCCCCCCCCCC(=O)OC(CO)COC(=O)CCCCCCCCCCCCCCCCCCCCCCC/C=C\C/C=C\C/C=C\C/C=C\C/C=C\CC. The normalized spacial score (nSPS) is 13.1. The van der Waals surface area contributed by atoms with Gasteiger partial charge in [0.1, 0.15) is 6.61 Å². The van der Waals surface area contributed by atoms with Crippen molar-refractivity contribution in [2.45, 2.75) is 367 Å². The van der Waals surface area contributed by atoms with E-state index in [1.54, 1.807) is 0 Å². The Morgan fingerprint density at radius 3 is 0.667 bits per heavy atom. The van der Waals surface area contributed by atoms with E-state index in [0.717, 1.165) is 116 Å². The summed E-state index contributed by atoms with van der Waals surface area (Å²) < 4.78 is 10.8. The van der Waals surface area contributed by atoms with Crippen molar-refractivity contribution in [3.63, 3.8) is 0 Å². The van der Waals surface area contributed by atoms with Crippen molar-refractivity contribution in [3.8, 4) is 0 Å². The Labute approximate surface area is 558 Å². The highest BCUT2D eigenvalue weighted by Crippen LogP contribution is 2.18. The molecule has 0 radical (unpaired) electrons. The van der Waals surface area contributed by atoms with Gasteiger partial charge in [0.15, 0.2) is 6.10 Å². The molecule has 0 saturated heterocycles. The Morgan fingerprint density at radius 1 is 0.256 bits per heavy atom. The van der Waals surface area contributed by atoms with Crippen LogP contribution in [0.5, 0.6) is 0 Å². The van der Waals surface area contributed by atoms with Gasteiger partial charge in [0.25, 0.3) is 0 Å². The van der Waals surface area contributed by atoms with Crippen LogP contribution in [0.2, 0.25) is 0 Å². The molecule has 90 heavy (non-hydrogen) atoms. The number of aliphatic hydroxyl groups is 1. The van der Waals surface area contributed by atoms with Crippen molar-refractivity contribution in [1.82, 2.24) is 0 Å². The minimum Gasteiger partial charge on any atom is -0.462 e. The number of allylic oxidation sites excluding steroid dienone is 24. The number of unbranched alkanes of at least 4 members (excludes halogenated alkanes) is 38. The summed E-state index contributed by atoms with van der Waals surface area (Å²) in [6.07, 6.45) is 119. The monoisotopic (exact) mass is 1250 g/mol. The van der Waals surface area contributed by atoms with Gasteiger partial charge >= 0.3 is 11.9 Å². The van der Waals surface area contributed by atoms with Crippen molar-refractivity contribution in [1.29, 1.82) is 0 Å². The lowest BCUT2D eigenvalue weighted by molar-refractivity contribution is -0.161. The number of aliphatic hydroxyl groups excluding tert-OH is 1. The Kier molecular flexibility index (Phi) is 75.3. The van der Waals surface area contributed by atoms with E-state index in [-0.39, 0.29) is 25.2 Å². The number of rotatable bonds is 70. The summed E-state index contributed by atoms with van der Waals surface area (Å²) in [7, 11) is 0. The number of ether oxygens (including phenoxy) is 2. The lowest BCUT2D eigenvalue weighted by atomic mass is 10.0. The zero-order valence-corrected chi connectivity index (χ0v) is 59.1. The second kappa shape index (κ2) is 79.0. The highest BCUT2D eigenvalue weighted by molar-refractivity contribution is 5.70. The van der Waals surface area contributed by atoms with Gasteiger partial charge in [0.2, 0.25) is 0 Å². The van der Waals surface area contributed by atoms with Crippen molar-refractivity contribution < 1.29 is 24.2 Å². The standard InChI is InChI=1S/C85H144O5/c1-3-5-7-9-11-13-15-17-19-21-23-25-27-29-31-33-35-37-39-41-42-44-46-48-50-52-54-56-58-60-62-64-66-68-70-72-74-76-78-80-85(88)90-83(81-86)82-89-84(87)79-77-75-73-71-69-67-65-63-61-59-57-55-53-51-49-47-45-43-40-38-36-34-32-30-28-26-24-22-20-18-16-14-12-10-8-6-4-2/h5-8,11-14,17-20,23-26,29-32,35,37,41-42,83,86H,3-4,9-10,15-16,21-22,27-28,33-34,36,38-40,43-82H2,1-2H3/b7-5-,8-6-,13-11-,14-12-,19-17-,20-18-,25-23-,26-24-,31-29-,32-30-,37-35-,42-41-. The Bertz CT molecular complexity index is 1850. The molecule has 0 heterocycles. The van der Waals surface area contributed by atoms with Crippen LogP contribution in [0.3, 0.4) is 0 Å². The fourth-order valence-electron chi connectivity index (χ4n) is 11.0. The molecule has 0 aromatic rings. The number of esters is 2. The van der Waals surface area contributed by atoms with Crippen molar-refractivity contribution >= 4 is 11.9 Å². The number of carbonyl (C=O) groups is 2. The molecule has 5 nitrogen and oxygen atoms in total.